The van der Waals surface area contributed by atoms with Crippen LogP contribution in [0.4, 0.5) is 0 Å². The van der Waals surface area contributed by atoms with E-state index in [0.29, 0.717) is 13.0 Å². The summed E-state index contributed by atoms with van der Waals surface area (Å²) >= 11 is 0. The molecule has 4 nitrogen and oxygen atoms in total. The Balaban J connectivity index is 2.74. The number of rotatable bonds is 4. The highest BCUT2D eigenvalue weighted by atomic mass is 32.2. The topological polar surface area (TPSA) is 57.6 Å². The van der Waals surface area contributed by atoms with Crippen LogP contribution in [0.1, 0.15) is 52.9 Å². The van der Waals surface area contributed by atoms with Gasteiger partial charge in [-0.1, -0.05) is 33.6 Å². The lowest BCUT2D eigenvalue weighted by atomic mass is 9.94. The van der Waals surface area contributed by atoms with Crippen molar-refractivity contribution in [2.45, 2.75) is 58.9 Å². The van der Waals surface area contributed by atoms with Crippen molar-refractivity contribution in [1.29, 1.82) is 0 Å². The molecule has 1 N–H and O–H groups in total. The van der Waals surface area contributed by atoms with E-state index in [9.17, 15) is 13.5 Å². The first-order valence-corrected chi connectivity index (χ1v) is 8.47. The molecule has 0 bridgehead atoms. The first-order chi connectivity index (χ1) is 8.26. The van der Waals surface area contributed by atoms with Gasteiger partial charge in [-0.2, -0.15) is 4.31 Å². The van der Waals surface area contributed by atoms with Crippen LogP contribution in [0, 0.1) is 5.41 Å². The van der Waals surface area contributed by atoms with Gasteiger partial charge in [0.25, 0.3) is 0 Å². The molecule has 18 heavy (non-hydrogen) atoms. The molecule has 5 heteroatoms. The molecule has 1 unspecified atom stereocenters. The Morgan fingerprint density at radius 2 is 1.89 bits per heavy atom. The van der Waals surface area contributed by atoms with E-state index < -0.39 is 10.0 Å². The van der Waals surface area contributed by atoms with Gasteiger partial charge in [0.15, 0.2) is 0 Å². The summed E-state index contributed by atoms with van der Waals surface area (Å²) in [7, 11) is -3.23. The van der Waals surface area contributed by atoms with Crippen LogP contribution in [0.2, 0.25) is 0 Å². The van der Waals surface area contributed by atoms with Crippen LogP contribution in [0.3, 0.4) is 0 Å². The normalized spacial score (nSPS) is 23.9. The highest BCUT2D eigenvalue weighted by Gasteiger charge is 2.31. The van der Waals surface area contributed by atoms with Crippen LogP contribution in [-0.2, 0) is 10.0 Å². The fourth-order valence-electron chi connectivity index (χ4n) is 2.25. The zero-order valence-corrected chi connectivity index (χ0v) is 12.7. The molecular formula is C13H27NO3S. The highest BCUT2D eigenvalue weighted by Crippen LogP contribution is 2.24. The Bertz CT molecular complexity index is 346. The molecule has 0 spiro atoms. The van der Waals surface area contributed by atoms with E-state index in [1.54, 1.807) is 4.31 Å². The molecule has 1 atom stereocenters. The van der Waals surface area contributed by atoms with Gasteiger partial charge in [-0.15, -0.1) is 0 Å². The van der Waals surface area contributed by atoms with Crippen molar-refractivity contribution in [2.75, 3.05) is 18.9 Å². The number of sulfonamides is 1. The van der Waals surface area contributed by atoms with Crippen molar-refractivity contribution in [3.05, 3.63) is 0 Å². The van der Waals surface area contributed by atoms with E-state index in [1.165, 1.54) is 0 Å². The molecule has 1 heterocycles. The summed E-state index contributed by atoms with van der Waals surface area (Å²) in [5.74, 6) is 0.188. The van der Waals surface area contributed by atoms with Crippen molar-refractivity contribution < 1.29 is 13.5 Å². The van der Waals surface area contributed by atoms with Crippen LogP contribution in [-0.4, -0.2) is 42.8 Å². The monoisotopic (exact) mass is 277 g/mol. The zero-order valence-electron chi connectivity index (χ0n) is 11.9. The number of hydrogen-bond donors (Lipinski definition) is 1. The minimum absolute atomic E-state index is 0.0215. The number of nitrogens with zero attached hydrogens (tertiary/aromatic N) is 1. The molecule has 1 saturated heterocycles. The van der Waals surface area contributed by atoms with Gasteiger partial charge in [-0.25, -0.2) is 8.42 Å². The minimum atomic E-state index is -3.23. The van der Waals surface area contributed by atoms with Gasteiger partial charge < -0.3 is 5.11 Å². The van der Waals surface area contributed by atoms with E-state index in [0.717, 1.165) is 25.7 Å². The Labute approximate surface area is 111 Å². The van der Waals surface area contributed by atoms with Crippen molar-refractivity contribution in [1.82, 2.24) is 4.31 Å². The predicted octanol–water partition coefficient (Wildman–Crippen LogP) is 1.99. The first-order valence-electron chi connectivity index (χ1n) is 6.87. The van der Waals surface area contributed by atoms with Crippen molar-refractivity contribution >= 4 is 10.0 Å². The summed E-state index contributed by atoms with van der Waals surface area (Å²) in [4.78, 5) is 0. The standard InChI is InChI=1S/C13H27NO3S/c1-13(2,3)8-10-18(16,17)14-9-6-4-5-7-12(14)11-15/h12,15H,4-11H2,1-3H3. The maximum atomic E-state index is 12.4. The molecular weight excluding hydrogens is 250 g/mol. The molecule has 1 aliphatic heterocycles. The summed E-state index contributed by atoms with van der Waals surface area (Å²) in [6, 6.07) is -0.211. The minimum Gasteiger partial charge on any atom is -0.395 e. The molecule has 0 amide bonds. The first kappa shape index (κ1) is 15.9. The van der Waals surface area contributed by atoms with Crippen LogP contribution in [0.5, 0.6) is 0 Å². The lowest BCUT2D eigenvalue weighted by molar-refractivity contribution is 0.186. The van der Waals surface area contributed by atoms with Gasteiger partial charge >= 0.3 is 0 Å². The van der Waals surface area contributed by atoms with E-state index in [4.69, 9.17) is 0 Å². The highest BCUT2D eigenvalue weighted by molar-refractivity contribution is 7.89. The molecule has 0 aromatic carbocycles. The summed E-state index contributed by atoms with van der Waals surface area (Å²) in [6.07, 6.45) is 4.42. The Kier molecular flexibility index (Phi) is 5.62. The third kappa shape index (κ3) is 4.86. The zero-order chi connectivity index (χ0) is 13.8. The lowest BCUT2D eigenvalue weighted by Gasteiger charge is -2.29. The number of hydrogen-bond acceptors (Lipinski definition) is 3. The molecule has 1 rings (SSSR count). The van der Waals surface area contributed by atoms with Gasteiger partial charge in [0.05, 0.1) is 12.4 Å². The molecule has 0 radical (unpaired) electrons. The summed E-state index contributed by atoms with van der Waals surface area (Å²) in [6.45, 7) is 6.66. The van der Waals surface area contributed by atoms with Gasteiger partial charge in [-0.3, -0.25) is 0 Å². The van der Waals surface area contributed by atoms with Gasteiger partial charge in [0.2, 0.25) is 10.0 Å². The Hall–Kier alpha value is -0.130. The van der Waals surface area contributed by atoms with E-state index >= 15 is 0 Å². The van der Waals surface area contributed by atoms with Crippen LogP contribution in [0.25, 0.3) is 0 Å². The van der Waals surface area contributed by atoms with E-state index in [-0.39, 0.29) is 23.8 Å². The van der Waals surface area contributed by atoms with Crippen LogP contribution >= 0.6 is 0 Å². The third-order valence-corrected chi connectivity index (χ3v) is 5.42. The molecule has 0 saturated carbocycles. The second kappa shape index (κ2) is 6.35. The lowest BCUT2D eigenvalue weighted by Crippen LogP contribution is -2.43. The molecule has 1 fully saturated rings. The van der Waals surface area contributed by atoms with E-state index in [2.05, 4.69) is 20.8 Å². The fraction of sp³-hybridized carbons (Fsp3) is 1.00. The van der Waals surface area contributed by atoms with Crippen LogP contribution < -0.4 is 0 Å². The van der Waals surface area contributed by atoms with E-state index in [1.807, 2.05) is 0 Å². The maximum Gasteiger partial charge on any atom is 0.214 e. The maximum absolute atomic E-state index is 12.4. The molecule has 108 valence electrons. The second-order valence-electron chi connectivity index (χ2n) is 6.42. The van der Waals surface area contributed by atoms with Crippen LogP contribution in [0.15, 0.2) is 0 Å². The predicted molar refractivity (Wildman–Crippen MR) is 73.9 cm³/mol. The summed E-state index contributed by atoms with van der Waals surface area (Å²) in [5.41, 5.74) is 0.0215. The quantitative estimate of drug-likeness (QED) is 0.855. The van der Waals surface area contributed by atoms with Gasteiger partial charge in [0, 0.05) is 12.6 Å². The Morgan fingerprint density at radius 3 is 2.44 bits per heavy atom. The summed E-state index contributed by atoms with van der Waals surface area (Å²) in [5, 5.41) is 9.37. The van der Waals surface area contributed by atoms with Gasteiger partial charge in [-0.05, 0) is 24.7 Å². The average Bonchev–Trinajstić information content (AvgIpc) is 2.50. The number of aliphatic hydroxyl groups excluding tert-OH is 1. The molecule has 0 aromatic heterocycles. The molecule has 1 aliphatic rings. The largest absolute Gasteiger partial charge is 0.395 e. The SMILES string of the molecule is CC(C)(C)CCS(=O)(=O)N1CCCCCC1CO. The van der Waals surface area contributed by atoms with Gasteiger partial charge in [0.1, 0.15) is 0 Å². The number of aliphatic hydroxyl groups is 1. The van der Waals surface area contributed by atoms with Crippen molar-refractivity contribution in [2.24, 2.45) is 5.41 Å². The molecule has 0 aliphatic carbocycles. The van der Waals surface area contributed by atoms with Crippen molar-refractivity contribution in [3.8, 4) is 0 Å². The second-order valence-corrected chi connectivity index (χ2v) is 8.46. The third-order valence-electron chi connectivity index (χ3n) is 3.50. The average molecular weight is 277 g/mol. The fourth-order valence-corrected chi connectivity index (χ4v) is 4.39. The summed E-state index contributed by atoms with van der Waals surface area (Å²) < 4.78 is 26.3. The Morgan fingerprint density at radius 1 is 1.22 bits per heavy atom. The smallest absolute Gasteiger partial charge is 0.214 e. The molecule has 0 aromatic rings. The van der Waals surface area contributed by atoms with Crippen molar-refractivity contribution in [3.63, 3.8) is 0 Å².